The summed E-state index contributed by atoms with van der Waals surface area (Å²) in [4.78, 5) is 24.8. The zero-order valence-corrected chi connectivity index (χ0v) is 20.8. The van der Waals surface area contributed by atoms with Gasteiger partial charge in [-0.25, -0.2) is 0 Å². The van der Waals surface area contributed by atoms with Crippen LogP contribution in [0.4, 0.5) is 0 Å². The zero-order valence-electron chi connectivity index (χ0n) is 20.8. The molecular weight excluding hydrogens is 416 g/mol. The Kier molecular flexibility index (Phi) is 9.76. The highest BCUT2D eigenvalue weighted by Gasteiger charge is 2.19. The molecule has 0 saturated carbocycles. The molecule has 2 aromatic rings. The first-order valence-corrected chi connectivity index (χ1v) is 11.7. The van der Waals surface area contributed by atoms with Crippen molar-refractivity contribution in [2.45, 2.75) is 78.6 Å². The highest BCUT2D eigenvalue weighted by molar-refractivity contribution is 5.82. The smallest absolute Gasteiger partial charge is 0.261 e. The van der Waals surface area contributed by atoms with Crippen LogP contribution >= 0.6 is 0 Å². The van der Waals surface area contributed by atoms with Crippen LogP contribution < -0.4 is 20.1 Å². The lowest BCUT2D eigenvalue weighted by Crippen LogP contribution is -2.48. The molecule has 0 unspecified atom stereocenters. The highest BCUT2D eigenvalue weighted by Crippen LogP contribution is 2.20. The molecule has 0 aliphatic carbocycles. The summed E-state index contributed by atoms with van der Waals surface area (Å²) in [5, 5.41) is 5.69. The van der Waals surface area contributed by atoms with Crippen molar-refractivity contribution in [1.29, 1.82) is 0 Å². The average molecular weight is 455 g/mol. The van der Waals surface area contributed by atoms with Gasteiger partial charge in [0.05, 0.1) is 0 Å². The molecule has 2 aromatic carbocycles. The zero-order chi connectivity index (χ0) is 24.5. The predicted octanol–water partition coefficient (Wildman–Crippen LogP) is 4.79. The van der Waals surface area contributed by atoms with Gasteiger partial charge in [0.1, 0.15) is 11.5 Å². The van der Waals surface area contributed by atoms with Gasteiger partial charge in [-0.05, 0) is 68.0 Å². The second-order valence-electron chi connectivity index (χ2n) is 9.12. The van der Waals surface area contributed by atoms with Gasteiger partial charge in [-0.3, -0.25) is 9.59 Å². The summed E-state index contributed by atoms with van der Waals surface area (Å²) in [5.74, 6) is 1.70. The van der Waals surface area contributed by atoms with Crippen molar-refractivity contribution in [3.05, 3.63) is 59.7 Å². The molecule has 0 aliphatic rings. The van der Waals surface area contributed by atoms with Crippen molar-refractivity contribution in [3.8, 4) is 11.5 Å². The fourth-order valence-electron chi connectivity index (χ4n) is 3.19. The summed E-state index contributed by atoms with van der Waals surface area (Å²) in [5.41, 5.74) is 2.43. The molecule has 2 amide bonds. The largest absolute Gasteiger partial charge is 0.481 e. The molecule has 6 heteroatoms. The number of ether oxygens (including phenoxy) is 2. The average Bonchev–Trinajstić information content (AvgIpc) is 2.78. The van der Waals surface area contributed by atoms with Crippen LogP contribution in [-0.4, -0.2) is 36.6 Å². The number of hydrogen-bond acceptors (Lipinski definition) is 4. The van der Waals surface area contributed by atoms with E-state index in [0.717, 1.165) is 0 Å². The van der Waals surface area contributed by atoms with Gasteiger partial charge in [-0.15, -0.1) is 0 Å². The fourth-order valence-corrected chi connectivity index (χ4v) is 3.19. The van der Waals surface area contributed by atoms with Crippen LogP contribution in [-0.2, 0) is 9.59 Å². The Morgan fingerprint density at radius 1 is 0.667 bits per heavy atom. The number of rotatable bonds is 11. The third kappa shape index (κ3) is 8.44. The summed E-state index contributed by atoms with van der Waals surface area (Å²) in [6, 6.07) is 15.3. The Bertz CT molecular complexity index is 891. The number of benzene rings is 2. The summed E-state index contributed by atoms with van der Waals surface area (Å²) in [6.45, 7) is 14.0. The van der Waals surface area contributed by atoms with E-state index in [1.54, 1.807) is 13.8 Å². The predicted molar refractivity (Wildman–Crippen MR) is 132 cm³/mol. The minimum absolute atomic E-state index is 0.237. The van der Waals surface area contributed by atoms with Crippen molar-refractivity contribution in [3.63, 3.8) is 0 Å². The van der Waals surface area contributed by atoms with Gasteiger partial charge in [-0.1, -0.05) is 52.0 Å². The van der Waals surface area contributed by atoms with Crippen molar-refractivity contribution >= 4 is 11.8 Å². The number of carbonyl (C=O) groups excluding carboxylic acids is 2. The fraction of sp³-hybridized carbons (Fsp3) is 0.481. The van der Waals surface area contributed by atoms with Gasteiger partial charge in [0.15, 0.2) is 12.2 Å². The second kappa shape index (κ2) is 12.3. The summed E-state index contributed by atoms with van der Waals surface area (Å²) >= 11 is 0. The second-order valence-corrected chi connectivity index (χ2v) is 9.12. The van der Waals surface area contributed by atoms with Crippen molar-refractivity contribution in [2.24, 2.45) is 0 Å². The van der Waals surface area contributed by atoms with Gasteiger partial charge < -0.3 is 20.1 Å². The maximum absolute atomic E-state index is 12.5. The summed E-state index contributed by atoms with van der Waals surface area (Å²) < 4.78 is 11.5. The molecule has 6 nitrogen and oxygen atoms in total. The van der Waals surface area contributed by atoms with Crippen LogP contribution in [0.1, 0.15) is 71.4 Å². The minimum atomic E-state index is -0.649. The summed E-state index contributed by atoms with van der Waals surface area (Å²) in [7, 11) is 0. The first kappa shape index (κ1) is 26.2. The van der Waals surface area contributed by atoms with Crippen molar-refractivity contribution in [1.82, 2.24) is 10.6 Å². The molecule has 0 fully saturated rings. The van der Waals surface area contributed by atoms with E-state index >= 15 is 0 Å². The first-order valence-electron chi connectivity index (χ1n) is 11.7. The van der Waals surface area contributed by atoms with Crippen LogP contribution in [0.15, 0.2) is 48.5 Å². The Hall–Kier alpha value is -3.02. The lowest BCUT2D eigenvalue weighted by atomic mass is 10.0. The topological polar surface area (TPSA) is 76.7 Å². The maximum Gasteiger partial charge on any atom is 0.261 e. The number of nitrogens with one attached hydrogen (secondary N) is 2. The Balaban J connectivity index is 1.75. The molecule has 0 heterocycles. The van der Waals surface area contributed by atoms with Crippen LogP contribution in [0, 0.1) is 0 Å². The van der Waals surface area contributed by atoms with Crippen LogP contribution in [0.5, 0.6) is 11.5 Å². The maximum atomic E-state index is 12.5. The quantitative estimate of drug-likeness (QED) is 0.512. The Labute approximate surface area is 198 Å². The molecule has 0 spiro atoms. The van der Waals surface area contributed by atoms with E-state index in [1.807, 2.05) is 55.5 Å². The van der Waals surface area contributed by atoms with Crippen molar-refractivity contribution < 1.29 is 19.1 Å². The SMILES string of the molecule is CC(C)c1ccc(O[C@H](C)C(=O)NC[C@H](C)NC(=O)[C@@H](C)Oc2ccc(C(C)C)cc2)cc1. The highest BCUT2D eigenvalue weighted by atomic mass is 16.5. The molecule has 180 valence electrons. The minimum Gasteiger partial charge on any atom is -0.481 e. The Morgan fingerprint density at radius 2 is 1.06 bits per heavy atom. The molecule has 0 bridgehead atoms. The van der Waals surface area contributed by atoms with Gasteiger partial charge in [0, 0.05) is 12.6 Å². The standard InChI is InChI=1S/C27H38N2O4/c1-17(2)22-8-12-24(13-9-22)32-20(6)26(30)28-16-19(5)29-27(31)21(7)33-25-14-10-23(11-15-25)18(3)4/h8-15,17-21H,16H2,1-7H3,(H,28,30)(H,29,31)/t19-,20+,21+/m0/s1. The molecule has 0 aliphatic heterocycles. The van der Waals surface area contributed by atoms with Crippen LogP contribution in [0.3, 0.4) is 0 Å². The molecule has 2 rings (SSSR count). The van der Waals surface area contributed by atoms with E-state index in [9.17, 15) is 9.59 Å². The van der Waals surface area contributed by atoms with E-state index in [4.69, 9.17) is 9.47 Å². The first-order chi connectivity index (χ1) is 15.6. The molecule has 0 radical (unpaired) electrons. The Morgan fingerprint density at radius 3 is 1.45 bits per heavy atom. The lowest BCUT2D eigenvalue weighted by molar-refractivity contribution is -0.129. The van der Waals surface area contributed by atoms with Crippen LogP contribution in [0.25, 0.3) is 0 Å². The monoisotopic (exact) mass is 454 g/mol. The van der Waals surface area contributed by atoms with Gasteiger partial charge in [0.2, 0.25) is 0 Å². The van der Waals surface area contributed by atoms with Crippen LogP contribution in [0.2, 0.25) is 0 Å². The number of carbonyl (C=O) groups is 2. The normalized spacial score (nSPS) is 13.8. The third-order valence-corrected chi connectivity index (χ3v) is 5.43. The van der Waals surface area contributed by atoms with E-state index in [1.165, 1.54) is 11.1 Å². The van der Waals surface area contributed by atoms with Gasteiger partial charge >= 0.3 is 0 Å². The van der Waals surface area contributed by atoms with Crippen molar-refractivity contribution in [2.75, 3.05) is 6.54 Å². The third-order valence-electron chi connectivity index (χ3n) is 5.43. The molecular formula is C27H38N2O4. The van der Waals surface area contributed by atoms with Gasteiger partial charge in [-0.2, -0.15) is 0 Å². The number of amides is 2. The summed E-state index contributed by atoms with van der Waals surface area (Å²) in [6.07, 6.45) is -1.29. The van der Waals surface area contributed by atoms with E-state index in [-0.39, 0.29) is 17.9 Å². The van der Waals surface area contributed by atoms with E-state index in [0.29, 0.717) is 29.9 Å². The van der Waals surface area contributed by atoms with E-state index < -0.39 is 12.2 Å². The van der Waals surface area contributed by atoms with Gasteiger partial charge in [0.25, 0.3) is 11.8 Å². The molecule has 3 atom stereocenters. The number of hydrogen-bond donors (Lipinski definition) is 2. The molecule has 0 saturated heterocycles. The molecule has 0 aromatic heterocycles. The van der Waals surface area contributed by atoms with E-state index in [2.05, 4.69) is 38.3 Å². The lowest BCUT2D eigenvalue weighted by Gasteiger charge is -2.20. The molecule has 33 heavy (non-hydrogen) atoms. The molecule has 2 N–H and O–H groups in total.